The SMILES string of the molecule is N#Cc1cc2cnc(NC3CCN(S(=O)(=O)CCCCCCO)CC3)nc2n(C2CCCC2)c1=O.N#Cc1cc2cnc(NC3CCNCC3)nc2n(C2CCCC2)c1=O.O=S(=O)(Cl)CCCCCCO.OCCCCCCCl. The molecule has 6 N–H and O–H groups in total. The highest BCUT2D eigenvalue weighted by atomic mass is 35.7. The van der Waals surface area contributed by atoms with Crippen LogP contribution in [0.2, 0.25) is 0 Å². The third-order valence-corrected chi connectivity index (χ3v) is 18.1. The number of rotatable bonds is 24. The van der Waals surface area contributed by atoms with Crippen LogP contribution < -0.4 is 27.1 Å². The minimum absolute atomic E-state index is 0.0356. The van der Waals surface area contributed by atoms with Gasteiger partial charge in [0.05, 0.1) is 11.5 Å². The molecule has 438 valence electrons. The molecule has 0 unspecified atom stereocenters. The molecule has 2 saturated heterocycles. The van der Waals surface area contributed by atoms with Crippen LogP contribution in [0.1, 0.15) is 177 Å². The normalized spacial score (nSPS) is 16.7. The van der Waals surface area contributed by atoms with Crippen molar-refractivity contribution in [3.63, 3.8) is 0 Å². The molecule has 0 amide bonds. The molecule has 0 atom stereocenters. The Balaban J connectivity index is 0.000000225. The number of nitriles is 2. The second kappa shape index (κ2) is 34.7. The summed E-state index contributed by atoms with van der Waals surface area (Å²) in [7, 11) is -1.61. The van der Waals surface area contributed by atoms with E-state index in [0.717, 1.165) is 146 Å². The molecule has 6 heterocycles. The topological polar surface area (TPSA) is 311 Å². The van der Waals surface area contributed by atoms with Gasteiger partial charge in [-0.15, -0.1) is 11.6 Å². The summed E-state index contributed by atoms with van der Waals surface area (Å²) in [6.45, 7) is 3.52. The monoisotopic (exact) mass is 1180 g/mol. The first-order valence-electron chi connectivity index (χ1n) is 28.3. The van der Waals surface area contributed by atoms with Gasteiger partial charge < -0.3 is 31.3 Å². The fraction of sp³-hybridized carbons (Fsp3) is 0.704. The van der Waals surface area contributed by atoms with Crippen molar-refractivity contribution in [3.05, 3.63) is 56.4 Å². The van der Waals surface area contributed by atoms with E-state index in [1.165, 1.54) is 0 Å². The second-order valence-corrected chi connectivity index (χ2v) is 26.0. The Labute approximate surface area is 475 Å². The molecule has 8 rings (SSSR count). The summed E-state index contributed by atoms with van der Waals surface area (Å²) in [6, 6.07) is 7.74. The van der Waals surface area contributed by atoms with Crippen molar-refractivity contribution in [1.82, 2.24) is 38.7 Å². The molecule has 2 saturated carbocycles. The number of aromatic nitrogens is 6. The van der Waals surface area contributed by atoms with Crippen LogP contribution in [0.25, 0.3) is 22.1 Å². The highest BCUT2D eigenvalue weighted by molar-refractivity contribution is 8.13. The summed E-state index contributed by atoms with van der Waals surface area (Å²) in [4.78, 5) is 43.8. The maximum absolute atomic E-state index is 12.9. The van der Waals surface area contributed by atoms with E-state index in [4.69, 9.17) is 37.6 Å². The minimum atomic E-state index is -3.30. The van der Waals surface area contributed by atoms with Crippen LogP contribution in [-0.4, -0.2) is 141 Å². The van der Waals surface area contributed by atoms with Crippen molar-refractivity contribution in [2.75, 3.05) is 74.0 Å². The zero-order valence-corrected chi connectivity index (χ0v) is 48.7. The lowest BCUT2D eigenvalue weighted by Crippen LogP contribution is -2.43. The van der Waals surface area contributed by atoms with E-state index in [9.17, 15) is 36.9 Å². The predicted octanol–water partition coefficient (Wildman–Crippen LogP) is 7.36. The molecular formula is C54H82Cl2N12O9S2. The highest BCUT2D eigenvalue weighted by Crippen LogP contribution is 2.32. The number of halogens is 2. The molecule has 25 heteroatoms. The largest absolute Gasteiger partial charge is 0.396 e. The molecule has 4 aliphatic rings. The van der Waals surface area contributed by atoms with Crippen molar-refractivity contribution in [2.45, 2.75) is 178 Å². The second-order valence-electron chi connectivity index (χ2n) is 20.7. The molecule has 21 nitrogen and oxygen atoms in total. The number of fused-ring (bicyclic) bond motifs is 2. The van der Waals surface area contributed by atoms with Crippen LogP contribution in [0, 0.1) is 22.7 Å². The van der Waals surface area contributed by atoms with Crippen LogP contribution in [0.5, 0.6) is 0 Å². The number of piperidine rings is 2. The van der Waals surface area contributed by atoms with E-state index in [2.05, 4.69) is 35.9 Å². The molecule has 4 fully saturated rings. The lowest BCUT2D eigenvalue weighted by Gasteiger charge is -2.31. The Morgan fingerprint density at radius 3 is 1.41 bits per heavy atom. The lowest BCUT2D eigenvalue weighted by molar-refractivity contribution is 0.282. The first-order valence-corrected chi connectivity index (χ1v) is 33.0. The fourth-order valence-corrected chi connectivity index (χ4v) is 13.0. The van der Waals surface area contributed by atoms with Gasteiger partial charge in [-0.25, -0.2) is 31.1 Å². The van der Waals surface area contributed by atoms with Gasteiger partial charge in [0.15, 0.2) is 0 Å². The van der Waals surface area contributed by atoms with E-state index in [1.807, 2.05) is 12.1 Å². The molecule has 0 bridgehead atoms. The molecule has 79 heavy (non-hydrogen) atoms. The van der Waals surface area contributed by atoms with Gasteiger partial charge in [0.1, 0.15) is 34.6 Å². The van der Waals surface area contributed by atoms with E-state index in [1.54, 1.807) is 38.0 Å². The Morgan fingerprint density at radius 2 is 1.00 bits per heavy atom. The zero-order chi connectivity index (χ0) is 57.0. The summed E-state index contributed by atoms with van der Waals surface area (Å²) < 4.78 is 51.0. The summed E-state index contributed by atoms with van der Waals surface area (Å²) in [5, 5.41) is 55.7. The number of nitrogens with one attached hydrogen (secondary N) is 3. The van der Waals surface area contributed by atoms with Crippen LogP contribution >= 0.6 is 22.3 Å². The van der Waals surface area contributed by atoms with Gasteiger partial charge in [-0.1, -0.05) is 64.2 Å². The van der Waals surface area contributed by atoms with E-state index in [0.29, 0.717) is 86.4 Å². The Kier molecular flexibility index (Phi) is 28.6. The number of anilines is 2. The number of pyridine rings is 2. The first-order chi connectivity index (χ1) is 38.2. The fourth-order valence-electron chi connectivity index (χ4n) is 10.3. The van der Waals surface area contributed by atoms with Gasteiger partial charge in [0.2, 0.25) is 31.0 Å². The van der Waals surface area contributed by atoms with Crippen molar-refractivity contribution in [1.29, 1.82) is 10.5 Å². The Bertz CT molecular complexity index is 2920. The molecule has 2 aliphatic heterocycles. The number of sulfonamides is 1. The van der Waals surface area contributed by atoms with E-state index >= 15 is 0 Å². The lowest BCUT2D eigenvalue weighted by atomic mass is 10.1. The van der Waals surface area contributed by atoms with Gasteiger partial charge in [-0.05, 0) is 115 Å². The van der Waals surface area contributed by atoms with Crippen LogP contribution in [-0.2, 0) is 19.1 Å². The average Bonchev–Trinajstić information content (AvgIpc) is 4.22. The van der Waals surface area contributed by atoms with Crippen LogP contribution in [0.4, 0.5) is 11.9 Å². The average molecular weight is 1180 g/mol. The maximum Gasteiger partial charge on any atom is 0.270 e. The van der Waals surface area contributed by atoms with E-state index < -0.39 is 19.1 Å². The van der Waals surface area contributed by atoms with Crippen molar-refractivity contribution in [2.24, 2.45) is 0 Å². The molecule has 2 aliphatic carbocycles. The van der Waals surface area contributed by atoms with Crippen molar-refractivity contribution < 1.29 is 32.2 Å². The molecule has 0 aromatic carbocycles. The van der Waals surface area contributed by atoms with Gasteiger partial charge in [0.25, 0.3) is 11.1 Å². The zero-order valence-electron chi connectivity index (χ0n) is 45.5. The van der Waals surface area contributed by atoms with E-state index in [-0.39, 0.29) is 65.1 Å². The highest BCUT2D eigenvalue weighted by Gasteiger charge is 2.29. The quantitative estimate of drug-likeness (QED) is 0.0227. The minimum Gasteiger partial charge on any atom is -0.396 e. The number of alkyl halides is 1. The number of hydrogen-bond donors (Lipinski definition) is 6. The number of nitrogens with zero attached hydrogens (tertiary/aromatic N) is 9. The Hall–Kier alpha value is -4.56. The Morgan fingerprint density at radius 1 is 0.595 bits per heavy atom. The maximum atomic E-state index is 12.9. The molecular weight excluding hydrogens is 1100 g/mol. The third-order valence-electron chi connectivity index (χ3n) is 14.7. The van der Waals surface area contributed by atoms with Gasteiger partial charge in [0, 0.05) is 96.8 Å². The smallest absolute Gasteiger partial charge is 0.270 e. The predicted molar refractivity (Wildman–Crippen MR) is 311 cm³/mol. The van der Waals surface area contributed by atoms with Crippen molar-refractivity contribution in [3.8, 4) is 12.1 Å². The van der Waals surface area contributed by atoms with Gasteiger partial charge in [-0.2, -0.15) is 20.5 Å². The first kappa shape index (κ1) is 65.3. The number of aliphatic hydroxyl groups excluding tert-OH is 3. The summed E-state index contributed by atoms with van der Waals surface area (Å²) in [5.74, 6) is 1.92. The number of hydrogen-bond acceptors (Lipinski definition) is 18. The van der Waals surface area contributed by atoms with Gasteiger partial charge >= 0.3 is 0 Å². The van der Waals surface area contributed by atoms with Crippen molar-refractivity contribution >= 4 is 75.3 Å². The van der Waals surface area contributed by atoms with Gasteiger partial charge in [-0.3, -0.25) is 18.7 Å². The number of aliphatic hydroxyl groups is 3. The third kappa shape index (κ3) is 21.4. The number of unbranched alkanes of at least 4 members (excludes halogenated alkanes) is 9. The molecule has 0 radical (unpaired) electrons. The summed E-state index contributed by atoms with van der Waals surface area (Å²) in [6.07, 6.45) is 25.0. The molecule has 0 spiro atoms. The molecule has 4 aromatic heterocycles. The van der Waals surface area contributed by atoms with Crippen LogP contribution in [0.3, 0.4) is 0 Å². The standard InChI is InChI=1S/C24H34N6O4S.C18H22N6O.C6H13ClO3S.C6H13ClO/c25-16-18-15-19-17-26-24(28-22(19)30(23(18)32)21-7-3-4-8-21)27-20-9-11-29(12-10-20)35(33,34)14-6-2-1-5-13-31;19-10-12-9-13-11-21-18(22-14-5-7-20-8-6-14)23-16(13)24(17(12)25)15-3-1-2-4-15;7-11(9,10)6-4-2-1-3-5-8;7-5-3-1-2-4-6-8/h15,17,20-21,31H,1-14H2,(H,26,27,28);9,11,14-15,20H,1-8H2,(H,21,22,23);8H,1-6H2;8H,1-6H2. The van der Waals surface area contributed by atoms with Crippen LogP contribution in [0.15, 0.2) is 34.1 Å². The molecule has 4 aromatic rings. The summed E-state index contributed by atoms with van der Waals surface area (Å²) in [5.41, 5.74) is 0.930. The summed E-state index contributed by atoms with van der Waals surface area (Å²) >= 11 is 5.42.